The Bertz CT molecular complexity index is 1350. The van der Waals surface area contributed by atoms with Gasteiger partial charge in [-0.2, -0.15) is 10.4 Å². The molecule has 7 heteroatoms. The fraction of sp³-hybridized carbons (Fsp3) is 0.167. The molecule has 0 fully saturated rings. The van der Waals surface area contributed by atoms with Gasteiger partial charge in [-0.05, 0) is 31.5 Å². The first kappa shape index (κ1) is 18.8. The van der Waals surface area contributed by atoms with Crippen LogP contribution < -0.4 is 10.5 Å². The van der Waals surface area contributed by atoms with Crippen molar-refractivity contribution in [2.24, 2.45) is 0 Å². The van der Waals surface area contributed by atoms with Gasteiger partial charge < -0.3 is 10.5 Å². The maximum Gasteiger partial charge on any atom is 0.166 e. The summed E-state index contributed by atoms with van der Waals surface area (Å²) in [5.74, 6) is 0.765. The molecule has 0 unspecified atom stereocenters. The van der Waals surface area contributed by atoms with E-state index < -0.39 is 0 Å². The highest BCUT2D eigenvalue weighted by Crippen LogP contribution is 2.37. The molecule has 2 N–H and O–H groups in total. The molecule has 0 amide bonds. The number of nitrogens with two attached hydrogens (primary N) is 1. The van der Waals surface area contributed by atoms with Gasteiger partial charge in [0.15, 0.2) is 11.6 Å². The highest BCUT2D eigenvalue weighted by Gasteiger charge is 2.22. The summed E-state index contributed by atoms with van der Waals surface area (Å²) in [5, 5.41) is 14.1. The molecule has 1 aliphatic heterocycles. The number of aromatic nitrogens is 4. The zero-order chi connectivity index (χ0) is 21.5. The lowest BCUT2D eigenvalue weighted by atomic mass is 9.95. The Labute approximate surface area is 179 Å². The maximum absolute atomic E-state index is 9.66. The Morgan fingerprint density at radius 3 is 2.90 bits per heavy atom. The first-order chi connectivity index (χ1) is 15.0. The van der Waals surface area contributed by atoms with Crippen LogP contribution in [0.25, 0.3) is 22.5 Å². The number of fused-ring (bicyclic) bond motifs is 7. The van der Waals surface area contributed by atoms with Gasteiger partial charge in [0.2, 0.25) is 0 Å². The summed E-state index contributed by atoms with van der Waals surface area (Å²) in [6, 6.07) is 14.3. The van der Waals surface area contributed by atoms with Crippen molar-refractivity contribution in [1.29, 1.82) is 5.26 Å². The first-order valence-electron chi connectivity index (χ1n) is 9.98. The van der Waals surface area contributed by atoms with Crippen LogP contribution in [-0.2, 0) is 6.54 Å². The van der Waals surface area contributed by atoms with Crippen molar-refractivity contribution in [1.82, 2.24) is 19.7 Å². The number of rotatable bonds is 0. The molecule has 1 aromatic carbocycles. The van der Waals surface area contributed by atoms with E-state index in [2.05, 4.69) is 41.3 Å². The number of benzene rings is 1. The fourth-order valence-corrected chi connectivity index (χ4v) is 4.03. The van der Waals surface area contributed by atoms with Gasteiger partial charge in [-0.3, -0.25) is 9.67 Å². The Hall–Kier alpha value is -4.18. The molecule has 0 radical (unpaired) electrons. The van der Waals surface area contributed by atoms with Gasteiger partial charge >= 0.3 is 0 Å². The summed E-state index contributed by atoms with van der Waals surface area (Å²) in [5.41, 5.74) is 13.0. The standard InChI is InChI=1S/C24H20N6O/c1-14-5-6-19-20(8-14)15(2)31-21-9-17(11-28-24(21)26)23-18(10-25)12-29-30(23)13-16-4-3-7-27-22(16)19/h3-9,11-12,15H,13H2,1-2H3,(H2,26,28)/t15-/m1/s1. The van der Waals surface area contributed by atoms with Gasteiger partial charge in [0.1, 0.15) is 12.2 Å². The monoisotopic (exact) mass is 408 g/mol. The molecule has 0 saturated heterocycles. The molecule has 5 rings (SSSR count). The summed E-state index contributed by atoms with van der Waals surface area (Å²) in [6.07, 6.45) is 4.72. The number of nitrogens with zero attached hydrogens (tertiary/aromatic N) is 5. The second-order valence-electron chi connectivity index (χ2n) is 7.65. The molecule has 31 heavy (non-hydrogen) atoms. The molecule has 0 spiro atoms. The van der Waals surface area contributed by atoms with Crippen molar-refractivity contribution >= 4 is 5.82 Å². The van der Waals surface area contributed by atoms with E-state index in [0.717, 1.165) is 33.5 Å². The molecule has 3 aromatic heterocycles. The number of nitriles is 1. The highest BCUT2D eigenvalue weighted by atomic mass is 16.5. The lowest BCUT2D eigenvalue weighted by Crippen LogP contribution is -2.12. The Kier molecular flexibility index (Phi) is 4.41. The first-order valence-corrected chi connectivity index (χ1v) is 9.98. The van der Waals surface area contributed by atoms with Crippen molar-refractivity contribution in [3.05, 3.63) is 77.2 Å². The van der Waals surface area contributed by atoms with E-state index in [-0.39, 0.29) is 6.10 Å². The van der Waals surface area contributed by atoms with Crippen LogP contribution in [0.1, 0.15) is 35.3 Å². The second kappa shape index (κ2) is 7.26. The predicted molar refractivity (Wildman–Crippen MR) is 117 cm³/mol. The summed E-state index contributed by atoms with van der Waals surface area (Å²) in [6.45, 7) is 4.50. The zero-order valence-corrected chi connectivity index (χ0v) is 17.2. The third-order valence-corrected chi connectivity index (χ3v) is 5.53. The lowest BCUT2D eigenvalue weighted by Gasteiger charge is -2.22. The van der Waals surface area contributed by atoms with E-state index in [1.54, 1.807) is 23.3 Å². The average Bonchev–Trinajstić information content (AvgIpc) is 3.17. The summed E-state index contributed by atoms with van der Waals surface area (Å²) < 4.78 is 8.09. The van der Waals surface area contributed by atoms with Gasteiger partial charge in [0, 0.05) is 29.1 Å². The molecular weight excluding hydrogens is 388 g/mol. The topological polar surface area (TPSA) is 103 Å². The van der Waals surface area contributed by atoms with Gasteiger partial charge in [-0.25, -0.2) is 4.98 Å². The molecular formula is C24H20N6O. The Balaban J connectivity index is 1.83. The molecule has 4 heterocycles. The number of hydrogen-bond acceptors (Lipinski definition) is 6. The highest BCUT2D eigenvalue weighted by molar-refractivity contribution is 5.72. The molecule has 2 bridgehead atoms. The van der Waals surface area contributed by atoms with E-state index in [0.29, 0.717) is 29.4 Å². The SMILES string of the molecule is Cc1ccc2c(c1)[C@@H](C)Oc1cc(cnc1N)-c1c(C#N)cnn1Cc1cccnc1-2. The maximum atomic E-state index is 9.66. The molecule has 152 valence electrons. The van der Waals surface area contributed by atoms with E-state index >= 15 is 0 Å². The van der Waals surface area contributed by atoms with Gasteiger partial charge in [0.05, 0.1) is 29.7 Å². The molecule has 7 nitrogen and oxygen atoms in total. The summed E-state index contributed by atoms with van der Waals surface area (Å²) >= 11 is 0. The third kappa shape index (κ3) is 3.19. The third-order valence-electron chi connectivity index (χ3n) is 5.53. The van der Waals surface area contributed by atoms with Crippen molar-refractivity contribution < 1.29 is 4.74 Å². The smallest absolute Gasteiger partial charge is 0.166 e. The van der Waals surface area contributed by atoms with Crippen LogP contribution in [0.2, 0.25) is 0 Å². The number of nitrogen functional groups attached to an aromatic ring is 1. The van der Waals surface area contributed by atoms with Gasteiger partial charge in [-0.1, -0.05) is 29.8 Å². The minimum Gasteiger partial charge on any atom is -0.482 e. The molecule has 1 aliphatic rings. The van der Waals surface area contributed by atoms with Crippen LogP contribution in [0.15, 0.2) is 55.0 Å². The Morgan fingerprint density at radius 1 is 1.19 bits per heavy atom. The van der Waals surface area contributed by atoms with Crippen molar-refractivity contribution in [3.63, 3.8) is 0 Å². The van der Waals surface area contributed by atoms with Crippen molar-refractivity contribution in [3.8, 4) is 34.3 Å². The molecule has 0 saturated carbocycles. The van der Waals surface area contributed by atoms with Crippen LogP contribution >= 0.6 is 0 Å². The number of ether oxygens (including phenoxy) is 1. The van der Waals surface area contributed by atoms with Crippen LogP contribution in [0, 0.1) is 18.3 Å². The fourth-order valence-electron chi connectivity index (χ4n) is 4.03. The number of hydrogen-bond donors (Lipinski definition) is 1. The number of pyridine rings is 2. The van der Waals surface area contributed by atoms with Gasteiger partial charge in [-0.15, -0.1) is 0 Å². The van der Waals surface area contributed by atoms with Crippen LogP contribution in [0.5, 0.6) is 5.75 Å². The van der Waals surface area contributed by atoms with E-state index in [1.165, 1.54) is 0 Å². The second-order valence-corrected chi connectivity index (χ2v) is 7.65. The summed E-state index contributed by atoms with van der Waals surface area (Å²) in [7, 11) is 0. The normalized spacial score (nSPS) is 14.7. The van der Waals surface area contributed by atoms with Crippen molar-refractivity contribution in [2.45, 2.75) is 26.5 Å². The van der Waals surface area contributed by atoms with Crippen LogP contribution in [0.3, 0.4) is 0 Å². The van der Waals surface area contributed by atoms with E-state index in [4.69, 9.17) is 15.5 Å². The molecule has 0 aliphatic carbocycles. The largest absolute Gasteiger partial charge is 0.482 e. The van der Waals surface area contributed by atoms with E-state index in [9.17, 15) is 5.26 Å². The average molecular weight is 408 g/mol. The Morgan fingerprint density at radius 2 is 2.06 bits per heavy atom. The lowest BCUT2D eigenvalue weighted by molar-refractivity contribution is 0.228. The van der Waals surface area contributed by atoms with E-state index in [1.807, 2.05) is 25.1 Å². The summed E-state index contributed by atoms with van der Waals surface area (Å²) in [4.78, 5) is 9.03. The molecule has 1 atom stereocenters. The number of anilines is 1. The number of aryl methyl sites for hydroxylation is 1. The predicted octanol–water partition coefficient (Wildman–Crippen LogP) is 4.27. The zero-order valence-electron chi connectivity index (χ0n) is 17.2. The molecule has 4 aromatic rings. The van der Waals surface area contributed by atoms with Crippen molar-refractivity contribution in [2.75, 3.05) is 5.73 Å². The minimum atomic E-state index is -0.288. The van der Waals surface area contributed by atoms with Crippen LogP contribution in [-0.4, -0.2) is 19.7 Å². The van der Waals surface area contributed by atoms with Gasteiger partial charge in [0.25, 0.3) is 0 Å². The van der Waals surface area contributed by atoms with Crippen LogP contribution in [0.4, 0.5) is 5.82 Å². The quantitative estimate of drug-likeness (QED) is 0.466. The minimum absolute atomic E-state index is 0.288.